The lowest BCUT2D eigenvalue weighted by atomic mass is 10.1. The Kier molecular flexibility index (Phi) is 4.63. The van der Waals surface area contributed by atoms with Gasteiger partial charge in [0.1, 0.15) is 5.75 Å². The van der Waals surface area contributed by atoms with Gasteiger partial charge in [-0.15, -0.1) is 11.8 Å². The minimum atomic E-state index is 0.130. The van der Waals surface area contributed by atoms with Crippen LogP contribution in [0.4, 0.5) is 0 Å². The predicted octanol–water partition coefficient (Wildman–Crippen LogP) is 3.98. The summed E-state index contributed by atoms with van der Waals surface area (Å²) in [4.78, 5) is 13.3. The monoisotopic (exact) mass is 272 g/mol. The number of aryl methyl sites for hydroxylation is 1. The molecule has 0 amide bonds. The molecule has 3 heteroatoms. The van der Waals surface area contributed by atoms with Crippen LogP contribution in [0.25, 0.3) is 0 Å². The second-order valence-corrected chi connectivity index (χ2v) is 5.25. The first-order valence-electron chi connectivity index (χ1n) is 6.06. The molecular formula is C16H16O2S. The molecule has 2 nitrogen and oxygen atoms in total. The summed E-state index contributed by atoms with van der Waals surface area (Å²) in [6, 6.07) is 15.5. The zero-order valence-electron chi connectivity index (χ0n) is 11.1. The Morgan fingerprint density at radius 2 is 1.89 bits per heavy atom. The van der Waals surface area contributed by atoms with Crippen molar-refractivity contribution in [3.05, 3.63) is 59.7 Å². The number of hydrogen-bond acceptors (Lipinski definition) is 3. The number of benzene rings is 2. The van der Waals surface area contributed by atoms with E-state index < -0.39 is 0 Å². The van der Waals surface area contributed by atoms with Crippen LogP contribution in [-0.2, 0) is 0 Å². The van der Waals surface area contributed by atoms with E-state index in [4.69, 9.17) is 4.74 Å². The molecule has 0 aliphatic heterocycles. The van der Waals surface area contributed by atoms with Crippen LogP contribution in [0.15, 0.2) is 53.4 Å². The number of ether oxygens (including phenoxy) is 1. The highest BCUT2D eigenvalue weighted by molar-refractivity contribution is 8.00. The minimum Gasteiger partial charge on any atom is -0.497 e. The maximum atomic E-state index is 12.2. The first-order valence-corrected chi connectivity index (χ1v) is 7.05. The molecule has 0 aromatic heterocycles. The van der Waals surface area contributed by atoms with Gasteiger partial charge in [-0.2, -0.15) is 0 Å². The number of methoxy groups -OCH3 is 1. The van der Waals surface area contributed by atoms with Gasteiger partial charge in [0.2, 0.25) is 0 Å². The molecule has 0 saturated heterocycles. The van der Waals surface area contributed by atoms with E-state index in [1.54, 1.807) is 18.9 Å². The minimum absolute atomic E-state index is 0.130. The number of ketones is 1. The highest BCUT2D eigenvalue weighted by Gasteiger charge is 2.10. The van der Waals surface area contributed by atoms with Gasteiger partial charge < -0.3 is 4.74 Å². The smallest absolute Gasteiger partial charge is 0.173 e. The fraction of sp³-hybridized carbons (Fsp3) is 0.188. The van der Waals surface area contributed by atoms with E-state index in [1.165, 1.54) is 0 Å². The van der Waals surface area contributed by atoms with Gasteiger partial charge in [0.25, 0.3) is 0 Å². The predicted molar refractivity (Wildman–Crippen MR) is 79.2 cm³/mol. The van der Waals surface area contributed by atoms with Gasteiger partial charge in [0.05, 0.1) is 12.9 Å². The lowest BCUT2D eigenvalue weighted by Crippen LogP contribution is -2.05. The van der Waals surface area contributed by atoms with E-state index in [2.05, 4.69) is 0 Å². The fourth-order valence-electron chi connectivity index (χ4n) is 1.77. The van der Waals surface area contributed by atoms with Crippen LogP contribution in [-0.4, -0.2) is 18.6 Å². The number of hydrogen-bond donors (Lipinski definition) is 0. The van der Waals surface area contributed by atoms with Crippen LogP contribution in [0, 0.1) is 6.92 Å². The summed E-state index contributed by atoms with van der Waals surface area (Å²) in [5.41, 5.74) is 1.72. The molecule has 0 fully saturated rings. The highest BCUT2D eigenvalue weighted by Crippen LogP contribution is 2.22. The molecule has 0 N–H and O–H groups in total. The van der Waals surface area contributed by atoms with Gasteiger partial charge in [-0.25, -0.2) is 0 Å². The third kappa shape index (κ3) is 3.61. The topological polar surface area (TPSA) is 26.3 Å². The Morgan fingerprint density at radius 1 is 1.16 bits per heavy atom. The quantitative estimate of drug-likeness (QED) is 0.608. The Bertz CT molecular complexity index is 564. The maximum absolute atomic E-state index is 12.2. The Balaban J connectivity index is 2.08. The van der Waals surface area contributed by atoms with Crippen LogP contribution in [0.5, 0.6) is 5.75 Å². The summed E-state index contributed by atoms with van der Waals surface area (Å²) in [6.45, 7) is 1.94. The molecule has 2 rings (SSSR count). The largest absolute Gasteiger partial charge is 0.497 e. The van der Waals surface area contributed by atoms with Crippen molar-refractivity contribution < 1.29 is 9.53 Å². The highest BCUT2D eigenvalue weighted by atomic mass is 32.2. The fourth-order valence-corrected chi connectivity index (χ4v) is 2.57. The molecule has 0 atom stereocenters. The lowest BCUT2D eigenvalue weighted by Gasteiger charge is -2.07. The van der Waals surface area contributed by atoms with E-state index in [9.17, 15) is 4.79 Å². The standard InChI is InChI=1S/C16H16O2S/c1-12-8-9-13(18-2)10-15(12)16(17)11-19-14-6-4-3-5-7-14/h3-10H,11H2,1-2H3. The first kappa shape index (κ1) is 13.7. The van der Waals surface area contributed by atoms with Gasteiger partial charge in [-0.05, 0) is 36.8 Å². The summed E-state index contributed by atoms with van der Waals surface area (Å²) < 4.78 is 5.16. The molecule has 19 heavy (non-hydrogen) atoms. The summed E-state index contributed by atoms with van der Waals surface area (Å²) in [5.74, 6) is 1.29. The van der Waals surface area contributed by atoms with Crippen LogP contribution in [0.3, 0.4) is 0 Å². The van der Waals surface area contributed by atoms with E-state index in [0.29, 0.717) is 5.75 Å². The van der Waals surface area contributed by atoms with Gasteiger partial charge in [0.15, 0.2) is 5.78 Å². The van der Waals surface area contributed by atoms with Gasteiger partial charge in [-0.1, -0.05) is 24.3 Å². The molecule has 0 aliphatic carbocycles. The van der Waals surface area contributed by atoms with Crippen molar-refractivity contribution in [2.24, 2.45) is 0 Å². The first-order chi connectivity index (χ1) is 9.20. The summed E-state index contributed by atoms with van der Waals surface area (Å²) in [6.07, 6.45) is 0. The van der Waals surface area contributed by atoms with Crippen LogP contribution >= 0.6 is 11.8 Å². The summed E-state index contributed by atoms with van der Waals surface area (Å²) in [5, 5.41) is 0. The van der Waals surface area contributed by atoms with Crippen LogP contribution in [0.2, 0.25) is 0 Å². The average molecular weight is 272 g/mol. The SMILES string of the molecule is COc1ccc(C)c(C(=O)CSc2ccccc2)c1. The zero-order valence-corrected chi connectivity index (χ0v) is 11.9. The Labute approximate surface area is 117 Å². The molecule has 0 heterocycles. The zero-order chi connectivity index (χ0) is 13.7. The second kappa shape index (κ2) is 6.43. The number of rotatable bonds is 5. The molecule has 0 unspecified atom stereocenters. The molecular weight excluding hydrogens is 256 g/mol. The van der Waals surface area contributed by atoms with Gasteiger partial charge >= 0.3 is 0 Å². The summed E-state index contributed by atoms with van der Waals surface area (Å²) in [7, 11) is 1.61. The van der Waals surface area contributed by atoms with Crippen molar-refractivity contribution in [3.8, 4) is 5.75 Å². The molecule has 0 bridgehead atoms. The molecule has 0 aliphatic rings. The van der Waals surface area contributed by atoms with Crippen LogP contribution in [0.1, 0.15) is 15.9 Å². The number of carbonyl (C=O) groups is 1. The second-order valence-electron chi connectivity index (χ2n) is 4.21. The van der Waals surface area contributed by atoms with Crippen molar-refractivity contribution in [2.75, 3.05) is 12.9 Å². The molecule has 0 saturated carbocycles. The molecule has 0 spiro atoms. The van der Waals surface area contributed by atoms with Gasteiger partial charge in [0, 0.05) is 10.5 Å². The Morgan fingerprint density at radius 3 is 2.58 bits per heavy atom. The molecule has 2 aromatic rings. The van der Waals surface area contributed by atoms with E-state index in [1.807, 2.05) is 55.5 Å². The normalized spacial score (nSPS) is 10.2. The number of carbonyl (C=O) groups excluding carboxylic acids is 1. The van der Waals surface area contributed by atoms with Crippen molar-refractivity contribution in [2.45, 2.75) is 11.8 Å². The average Bonchev–Trinajstić information content (AvgIpc) is 2.46. The Hall–Kier alpha value is -1.74. The third-order valence-corrected chi connectivity index (χ3v) is 3.87. The van der Waals surface area contributed by atoms with E-state index >= 15 is 0 Å². The van der Waals surface area contributed by atoms with Crippen molar-refractivity contribution >= 4 is 17.5 Å². The van der Waals surface area contributed by atoms with E-state index in [-0.39, 0.29) is 5.78 Å². The van der Waals surface area contributed by atoms with Crippen LogP contribution < -0.4 is 4.74 Å². The van der Waals surface area contributed by atoms with Gasteiger partial charge in [-0.3, -0.25) is 4.79 Å². The van der Waals surface area contributed by atoms with Crippen molar-refractivity contribution in [3.63, 3.8) is 0 Å². The number of Topliss-reactive ketones (excluding diaryl/α,β-unsaturated/α-hetero) is 1. The molecule has 2 aromatic carbocycles. The molecule has 0 radical (unpaired) electrons. The summed E-state index contributed by atoms with van der Waals surface area (Å²) >= 11 is 1.56. The number of thioether (sulfide) groups is 1. The lowest BCUT2D eigenvalue weighted by molar-refractivity contribution is 0.102. The molecule has 98 valence electrons. The maximum Gasteiger partial charge on any atom is 0.173 e. The third-order valence-electron chi connectivity index (χ3n) is 2.86. The van der Waals surface area contributed by atoms with Crippen molar-refractivity contribution in [1.82, 2.24) is 0 Å². The van der Waals surface area contributed by atoms with Crippen molar-refractivity contribution in [1.29, 1.82) is 0 Å². The van der Waals surface area contributed by atoms with E-state index in [0.717, 1.165) is 21.8 Å².